The maximum absolute atomic E-state index is 11.9. The van der Waals surface area contributed by atoms with Gasteiger partial charge in [0, 0.05) is 11.8 Å². The molecule has 0 saturated heterocycles. The van der Waals surface area contributed by atoms with Crippen LogP contribution in [0.3, 0.4) is 0 Å². The highest BCUT2D eigenvalue weighted by atomic mass is 35.5. The second kappa shape index (κ2) is 5.85. The van der Waals surface area contributed by atoms with E-state index in [0.29, 0.717) is 20.7 Å². The predicted octanol–water partition coefficient (Wildman–Crippen LogP) is 2.84. The normalized spacial score (nSPS) is 14.9. The third kappa shape index (κ3) is 3.45. The van der Waals surface area contributed by atoms with Gasteiger partial charge in [0.25, 0.3) is 0 Å². The summed E-state index contributed by atoms with van der Waals surface area (Å²) in [5.74, 6) is 0.389. The van der Waals surface area contributed by atoms with Gasteiger partial charge in [-0.05, 0) is 18.6 Å². The number of rotatable bonds is 4. The molecule has 0 aliphatic heterocycles. The van der Waals surface area contributed by atoms with E-state index >= 15 is 0 Å². The van der Waals surface area contributed by atoms with E-state index in [0.717, 1.165) is 6.42 Å². The van der Waals surface area contributed by atoms with E-state index in [9.17, 15) is 4.21 Å². The van der Waals surface area contributed by atoms with Crippen molar-refractivity contribution in [1.29, 1.82) is 0 Å². The Morgan fingerprint density at radius 2 is 1.93 bits per heavy atom. The van der Waals surface area contributed by atoms with E-state index in [1.165, 1.54) is 0 Å². The van der Waals surface area contributed by atoms with Gasteiger partial charge in [-0.15, -0.1) is 0 Å². The first-order chi connectivity index (χ1) is 7.06. The molecular weight excluding hydrogens is 253 g/mol. The van der Waals surface area contributed by atoms with Gasteiger partial charge in [-0.25, -0.2) is 0 Å². The minimum Gasteiger partial charge on any atom is -0.327 e. The van der Waals surface area contributed by atoms with Crippen LogP contribution in [-0.4, -0.2) is 16.0 Å². The van der Waals surface area contributed by atoms with Gasteiger partial charge in [0.05, 0.1) is 25.7 Å². The fourth-order valence-electron chi connectivity index (χ4n) is 1.10. The van der Waals surface area contributed by atoms with Crippen LogP contribution in [0.4, 0.5) is 0 Å². The monoisotopic (exact) mass is 265 g/mol. The van der Waals surface area contributed by atoms with Crippen LogP contribution in [-0.2, 0) is 10.8 Å². The van der Waals surface area contributed by atoms with Gasteiger partial charge in [-0.2, -0.15) is 0 Å². The van der Waals surface area contributed by atoms with Crippen molar-refractivity contribution in [3.05, 3.63) is 28.2 Å². The Morgan fingerprint density at radius 1 is 1.40 bits per heavy atom. The molecule has 1 aromatic rings. The van der Waals surface area contributed by atoms with Gasteiger partial charge in [-0.3, -0.25) is 4.21 Å². The minimum atomic E-state index is -1.23. The van der Waals surface area contributed by atoms with E-state index in [2.05, 4.69) is 0 Å². The van der Waals surface area contributed by atoms with Gasteiger partial charge in [0.1, 0.15) is 0 Å². The van der Waals surface area contributed by atoms with E-state index in [4.69, 9.17) is 28.9 Å². The Morgan fingerprint density at radius 3 is 2.40 bits per heavy atom. The van der Waals surface area contributed by atoms with Crippen LogP contribution in [0.5, 0.6) is 0 Å². The topological polar surface area (TPSA) is 43.1 Å². The minimum absolute atomic E-state index is 0.0850. The molecule has 2 nitrogen and oxygen atoms in total. The fraction of sp³-hybridized carbons (Fsp3) is 0.400. The van der Waals surface area contributed by atoms with Gasteiger partial charge in [0.2, 0.25) is 0 Å². The third-order valence-electron chi connectivity index (χ3n) is 2.04. The van der Waals surface area contributed by atoms with E-state index in [-0.39, 0.29) is 6.04 Å². The van der Waals surface area contributed by atoms with Crippen molar-refractivity contribution in [2.45, 2.75) is 24.3 Å². The quantitative estimate of drug-likeness (QED) is 0.910. The molecule has 0 radical (unpaired) electrons. The molecule has 5 heteroatoms. The molecule has 2 unspecified atom stereocenters. The van der Waals surface area contributed by atoms with Crippen LogP contribution < -0.4 is 5.73 Å². The van der Waals surface area contributed by atoms with Crippen LogP contribution in [0.15, 0.2) is 23.1 Å². The van der Waals surface area contributed by atoms with Crippen LogP contribution in [0.25, 0.3) is 0 Å². The Labute approximate surface area is 102 Å². The molecule has 84 valence electrons. The first-order valence-electron chi connectivity index (χ1n) is 4.64. The first kappa shape index (κ1) is 13.0. The highest BCUT2D eigenvalue weighted by Gasteiger charge is 2.15. The summed E-state index contributed by atoms with van der Waals surface area (Å²) in [4.78, 5) is 0.490. The molecule has 0 heterocycles. The van der Waals surface area contributed by atoms with Crippen LogP contribution >= 0.6 is 23.2 Å². The summed E-state index contributed by atoms with van der Waals surface area (Å²) < 4.78 is 11.9. The number of hydrogen-bond acceptors (Lipinski definition) is 2. The zero-order valence-electron chi connectivity index (χ0n) is 8.37. The average molecular weight is 266 g/mol. The zero-order valence-corrected chi connectivity index (χ0v) is 10.7. The molecule has 0 aliphatic rings. The SMILES string of the molecule is CCC(N)CS(=O)c1c(Cl)cccc1Cl. The summed E-state index contributed by atoms with van der Waals surface area (Å²) in [6, 6.07) is 5.00. The lowest BCUT2D eigenvalue weighted by Crippen LogP contribution is -2.26. The highest BCUT2D eigenvalue weighted by Crippen LogP contribution is 2.27. The van der Waals surface area contributed by atoms with Gasteiger partial charge >= 0.3 is 0 Å². The number of halogens is 2. The fourth-order valence-corrected chi connectivity index (χ4v) is 3.37. The van der Waals surface area contributed by atoms with Crippen molar-refractivity contribution >= 4 is 34.0 Å². The standard InChI is InChI=1S/C10H13Cl2NOS/c1-2-7(13)6-15(14)10-8(11)4-3-5-9(10)12/h3-5,7H,2,6,13H2,1H3. The lowest BCUT2D eigenvalue weighted by atomic mass is 10.3. The number of nitrogens with two attached hydrogens (primary N) is 1. The molecule has 0 aliphatic carbocycles. The largest absolute Gasteiger partial charge is 0.327 e. The maximum atomic E-state index is 11.9. The van der Waals surface area contributed by atoms with Gasteiger partial charge < -0.3 is 5.73 Å². The molecule has 2 atom stereocenters. The Bertz CT molecular complexity index is 350. The summed E-state index contributed by atoms with van der Waals surface area (Å²) in [6.45, 7) is 1.95. The molecular formula is C10H13Cl2NOS. The van der Waals surface area contributed by atoms with Crippen LogP contribution in [0.1, 0.15) is 13.3 Å². The lowest BCUT2D eigenvalue weighted by Gasteiger charge is -2.10. The predicted molar refractivity (Wildman–Crippen MR) is 66.0 cm³/mol. The summed E-state index contributed by atoms with van der Waals surface area (Å²) in [5.41, 5.74) is 5.73. The summed E-state index contributed by atoms with van der Waals surface area (Å²) in [5, 5.41) is 0.869. The van der Waals surface area contributed by atoms with Crippen molar-refractivity contribution in [1.82, 2.24) is 0 Å². The molecule has 2 N–H and O–H groups in total. The average Bonchev–Trinajstić information content (AvgIpc) is 2.17. The first-order valence-corrected chi connectivity index (χ1v) is 6.71. The van der Waals surface area contributed by atoms with Crippen LogP contribution in [0.2, 0.25) is 10.0 Å². The maximum Gasteiger partial charge on any atom is 0.0760 e. The zero-order chi connectivity index (χ0) is 11.4. The summed E-state index contributed by atoms with van der Waals surface area (Å²) in [6.07, 6.45) is 0.786. The molecule has 1 aromatic carbocycles. The number of hydrogen-bond donors (Lipinski definition) is 1. The molecule has 15 heavy (non-hydrogen) atoms. The summed E-state index contributed by atoms with van der Waals surface area (Å²) in [7, 11) is -1.23. The summed E-state index contributed by atoms with van der Waals surface area (Å²) >= 11 is 11.9. The third-order valence-corrected chi connectivity index (χ3v) is 4.52. The second-order valence-corrected chi connectivity index (χ2v) is 5.48. The molecule has 1 rings (SSSR count). The molecule has 0 bridgehead atoms. The molecule has 0 saturated carbocycles. The molecule has 0 spiro atoms. The van der Waals surface area contributed by atoms with Crippen molar-refractivity contribution in [2.24, 2.45) is 5.73 Å². The molecule has 0 aromatic heterocycles. The Balaban J connectivity index is 2.91. The number of benzene rings is 1. The second-order valence-electron chi connectivity index (χ2n) is 3.23. The highest BCUT2D eigenvalue weighted by molar-refractivity contribution is 7.85. The molecule has 0 fully saturated rings. The van der Waals surface area contributed by atoms with Gasteiger partial charge in [0.15, 0.2) is 0 Å². The molecule has 0 amide bonds. The Hall–Kier alpha value is -0.0900. The van der Waals surface area contributed by atoms with E-state index in [1.54, 1.807) is 18.2 Å². The van der Waals surface area contributed by atoms with Gasteiger partial charge in [-0.1, -0.05) is 36.2 Å². The van der Waals surface area contributed by atoms with E-state index in [1.807, 2.05) is 6.92 Å². The smallest absolute Gasteiger partial charge is 0.0760 e. The van der Waals surface area contributed by atoms with Crippen LogP contribution in [0, 0.1) is 0 Å². The Kier molecular flexibility index (Phi) is 5.06. The van der Waals surface area contributed by atoms with Crippen molar-refractivity contribution in [3.63, 3.8) is 0 Å². The lowest BCUT2D eigenvalue weighted by molar-refractivity contribution is 0.663. The van der Waals surface area contributed by atoms with Crippen molar-refractivity contribution < 1.29 is 4.21 Å². The van der Waals surface area contributed by atoms with Crippen molar-refractivity contribution in [2.75, 3.05) is 5.75 Å². The van der Waals surface area contributed by atoms with Crippen molar-refractivity contribution in [3.8, 4) is 0 Å². The van der Waals surface area contributed by atoms with E-state index < -0.39 is 10.8 Å².